The predicted molar refractivity (Wildman–Crippen MR) is 69.5 cm³/mol. The number of amides is 1. The summed E-state index contributed by atoms with van der Waals surface area (Å²) in [4.78, 5) is 23.3. The van der Waals surface area contributed by atoms with Crippen LogP contribution < -0.4 is 4.72 Å². The van der Waals surface area contributed by atoms with Crippen molar-refractivity contribution in [2.45, 2.75) is 0 Å². The summed E-state index contributed by atoms with van der Waals surface area (Å²) in [6.07, 6.45) is 0. The second-order valence-electron chi connectivity index (χ2n) is 4.03. The molecule has 0 spiro atoms. The van der Waals surface area contributed by atoms with Crippen molar-refractivity contribution in [3.8, 4) is 0 Å². The van der Waals surface area contributed by atoms with Crippen LogP contribution in [0.3, 0.4) is 0 Å². The molecule has 0 atom stereocenters. The van der Waals surface area contributed by atoms with E-state index < -0.39 is 21.7 Å². The van der Waals surface area contributed by atoms with Gasteiger partial charge in [0, 0.05) is 25.3 Å². The third-order valence-electron chi connectivity index (χ3n) is 2.12. The van der Waals surface area contributed by atoms with Crippen molar-refractivity contribution < 1.29 is 23.1 Å². The van der Waals surface area contributed by atoms with Gasteiger partial charge in [-0.2, -0.15) is 0 Å². The Balaban J connectivity index is 2.83. The van der Waals surface area contributed by atoms with E-state index in [1.807, 2.05) is 0 Å². The van der Waals surface area contributed by atoms with Crippen molar-refractivity contribution in [2.24, 2.45) is 0 Å². The molecular weight excluding hydrogens is 272 g/mol. The Labute approximate surface area is 110 Å². The minimum atomic E-state index is -3.93. The van der Waals surface area contributed by atoms with Crippen LogP contribution in [-0.4, -0.2) is 50.1 Å². The Kier molecular flexibility index (Phi) is 4.49. The van der Waals surface area contributed by atoms with E-state index in [4.69, 9.17) is 5.11 Å². The highest BCUT2D eigenvalue weighted by Crippen LogP contribution is 2.12. The van der Waals surface area contributed by atoms with Crippen LogP contribution >= 0.6 is 0 Å². The maximum absolute atomic E-state index is 11.6. The van der Waals surface area contributed by atoms with Crippen molar-refractivity contribution in [3.05, 3.63) is 29.8 Å². The van der Waals surface area contributed by atoms with Gasteiger partial charge in [0.15, 0.2) is 5.75 Å². The molecule has 1 rings (SSSR count). The van der Waals surface area contributed by atoms with Gasteiger partial charge in [-0.25, -0.2) is 8.42 Å². The minimum Gasteiger partial charge on any atom is -0.480 e. The summed E-state index contributed by atoms with van der Waals surface area (Å²) in [5, 5.41) is 8.44. The van der Waals surface area contributed by atoms with Gasteiger partial charge in [-0.1, -0.05) is 0 Å². The zero-order valence-corrected chi connectivity index (χ0v) is 11.3. The minimum absolute atomic E-state index is 0.205. The molecule has 2 N–H and O–H groups in total. The van der Waals surface area contributed by atoms with E-state index in [9.17, 15) is 18.0 Å². The van der Waals surface area contributed by atoms with Crippen LogP contribution in [0.25, 0.3) is 0 Å². The van der Waals surface area contributed by atoms with Crippen molar-refractivity contribution in [1.82, 2.24) is 4.90 Å². The first-order valence-electron chi connectivity index (χ1n) is 5.25. The van der Waals surface area contributed by atoms with E-state index in [0.717, 1.165) is 0 Å². The van der Waals surface area contributed by atoms with Gasteiger partial charge in [0.05, 0.1) is 0 Å². The topological polar surface area (TPSA) is 104 Å². The van der Waals surface area contributed by atoms with Gasteiger partial charge in [-0.3, -0.25) is 14.3 Å². The maximum atomic E-state index is 11.6. The highest BCUT2D eigenvalue weighted by molar-refractivity contribution is 7.93. The van der Waals surface area contributed by atoms with Gasteiger partial charge < -0.3 is 10.0 Å². The molecule has 0 unspecified atom stereocenters. The molecule has 19 heavy (non-hydrogen) atoms. The Morgan fingerprint density at radius 2 is 1.74 bits per heavy atom. The summed E-state index contributed by atoms with van der Waals surface area (Å²) >= 11 is 0. The molecule has 104 valence electrons. The molecule has 0 fully saturated rings. The summed E-state index contributed by atoms with van der Waals surface area (Å²) in [7, 11) is -0.722. The first-order chi connectivity index (χ1) is 8.71. The molecule has 0 saturated carbocycles. The van der Waals surface area contributed by atoms with Crippen molar-refractivity contribution in [3.63, 3.8) is 0 Å². The zero-order chi connectivity index (χ0) is 14.6. The number of benzene rings is 1. The van der Waals surface area contributed by atoms with E-state index in [0.29, 0.717) is 5.56 Å². The number of carboxylic acids is 1. The molecule has 0 aliphatic rings. The standard InChI is InChI=1S/C11H14N2O5S/c1-13(2)11(16)8-3-5-9(6-4-8)12-19(17,18)7-10(14)15/h3-6,12H,7H2,1-2H3,(H,14,15). The maximum Gasteiger partial charge on any atom is 0.320 e. The van der Waals surface area contributed by atoms with Crippen LogP contribution in [0.4, 0.5) is 5.69 Å². The van der Waals surface area contributed by atoms with Gasteiger partial charge in [0.2, 0.25) is 10.0 Å². The fourth-order valence-corrected chi connectivity index (χ4v) is 2.21. The van der Waals surface area contributed by atoms with Crippen LogP contribution in [0.1, 0.15) is 10.4 Å². The van der Waals surface area contributed by atoms with E-state index >= 15 is 0 Å². The van der Waals surface area contributed by atoms with Crippen LogP contribution in [0.15, 0.2) is 24.3 Å². The van der Waals surface area contributed by atoms with Gasteiger partial charge in [0.1, 0.15) is 0 Å². The van der Waals surface area contributed by atoms with Crippen molar-refractivity contribution >= 4 is 27.6 Å². The van der Waals surface area contributed by atoms with E-state index in [2.05, 4.69) is 4.72 Å². The van der Waals surface area contributed by atoms with E-state index in [1.54, 1.807) is 14.1 Å². The molecule has 0 aromatic heterocycles. The molecule has 0 heterocycles. The largest absolute Gasteiger partial charge is 0.480 e. The smallest absolute Gasteiger partial charge is 0.320 e. The molecule has 1 aromatic rings. The highest BCUT2D eigenvalue weighted by Gasteiger charge is 2.15. The quantitative estimate of drug-likeness (QED) is 0.805. The van der Waals surface area contributed by atoms with Crippen LogP contribution in [0.5, 0.6) is 0 Å². The number of nitrogens with one attached hydrogen (secondary N) is 1. The van der Waals surface area contributed by atoms with Crippen LogP contribution in [0.2, 0.25) is 0 Å². The summed E-state index contributed by atoms with van der Waals surface area (Å²) in [6.45, 7) is 0. The van der Waals surface area contributed by atoms with Gasteiger partial charge in [0.25, 0.3) is 5.91 Å². The lowest BCUT2D eigenvalue weighted by Gasteiger charge is -2.11. The third-order valence-corrected chi connectivity index (χ3v) is 3.30. The first-order valence-corrected chi connectivity index (χ1v) is 6.90. The first kappa shape index (κ1) is 15.0. The number of hydrogen-bond donors (Lipinski definition) is 2. The fourth-order valence-electron chi connectivity index (χ4n) is 1.32. The highest BCUT2D eigenvalue weighted by atomic mass is 32.2. The number of sulfonamides is 1. The second kappa shape index (κ2) is 5.70. The van der Waals surface area contributed by atoms with Crippen molar-refractivity contribution in [1.29, 1.82) is 0 Å². The Hall–Kier alpha value is -2.09. The van der Waals surface area contributed by atoms with Gasteiger partial charge >= 0.3 is 5.97 Å². The average molecular weight is 286 g/mol. The third kappa shape index (κ3) is 4.59. The van der Waals surface area contributed by atoms with Gasteiger partial charge in [-0.05, 0) is 24.3 Å². The number of anilines is 1. The summed E-state index contributed by atoms with van der Waals surface area (Å²) in [6, 6.07) is 5.72. The number of nitrogens with zero attached hydrogens (tertiary/aromatic N) is 1. The lowest BCUT2D eigenvalue weighted by Crippen LogP contribution is -2.23. The SMILES string of the molecule is CN(C)C(=O)c1ccc(NS(=O)(=O)CC(=O)O)cc1. The number of hydrogen-bond acceptors (Lipinski definition) is 4. The molecule has 8 heteroatoms. The van der Waals surface area contributed by atoms with E-state index in [1.165, 1.54) is 29.2 Å². The predicted octanol–water partition coefficient (Wildman–Crippen LogP) is 0.215. The number of carbonyl (C=O) groups excluding carboxylic acids is 1. The zero-order valence-electron chi connectivity index (χ0n) is 10.5. The molecule has 1 aromatic carbocycles. The summed E-state index contributed by atoms with van der Waals surface area (Å²) < 4.78 is 24.9. The van der Waals surface area contributed by atoms with Crippen molar-refractivity contribution in [2.75, 3.05) is 24.6 Å². The molecule has 0 aliphatic carbocycles. The molecule has 0 aliphatic heterocycles. The molecule has 1 amide bonds. The number of rotatable bonds is 5. The van der Waals surface area contributed by atoms with Gasteiger partial charge in [-0.15, -0.1) is 0 Å². The number of carbonyl (C=O) groups is 2. The Bertz CT molecular complexity index is 578. The molecule has 0 radical (unpaired) electrons. The molecule has 7 nitrogen and oxygen atoms in total. The lowest BCUT2D eigenvalue weighted by molar-refractivity contribution is -0.134. The summed E-state index contributed by atoms with van der Waals surface area (Å²) in [5.41, 5.74) is 0.614. The molecular formula is C11H14N2O5S. The monoisotopic (exact) mass is 286 g/mol. The van der Waals surface area contributed by atoms with Crippen LogP contribution in [-0.2, 0) is 14.8 Å². The Morgan fingerprint density at radius 1 is 1.21 bits per heavy atom. The number of carboxylic acid groups (broad SMARTS) is 1. The molecule has 0 saturated heterocycles. The normalized spacial score (nSPS) is 10.8. The fraction of sp³-hybridized carbons (Fsp3) is 0.273. The Morgan fingerprint density at radius 3 is 2.16 bits per heavy atom. The number of aliphatic carboxylic acids is 1. The second-order valence-corrected chi connectivity index (χ2v) is 5.75. The summed E-state index contributed by atoms with van der Waals surface area (Å²) in [5.74, 6) is -2.65. The lowest BCUT2D eigenvalue weighted by atomic mass is 10.2. The van der Waals surface area contributed by atoms with E-state index in [-0.39, 0.29) is 11.6 Å². The average Bonchev–Trinajstić information content (AvgIpc) is 2.26. The van der Waals surface area contributed by atoms with Crippen LogP contribution in [0, 0.1) is 0 Å². The molecule has 0 bridgehead atoms.